The smallest absolute Gasteiger partial charge is 0.137 e. The number of rotatable bonds is 6. The fraction of sp³-hybridized carbons (Fsp3) is 0.600. The van der Waals surface area contributed by atoms with E-state index >= 15 is 0 Å². The molecule has 0 saturated carbocycles. The highest BCUT2D eigenvalue weighted by molar-refractivity contribution is 6.32. The Morgan fingerprint density at radius 2 is 2.00 bits per heavy atom. The van der Waals surface area contributed by atoms with Gasteiger partial charge in [0.25, 0.3) is 0 Å². The lowest BCUT2D eigenvalue weighted by molar-refractivity contribution is 0.173. The van der Waals surface area contributed by atoms with Crippen LogP contribution in [0.4, 0.5) is 0 Å². The molecule has 0 bridgehead atoms. The molecule has 1 aromatic rings. The van der Waals surface area contributed by atoms with E-state index in [1.54, 1.807) is 0 Å². The van der Waals surface area contributed by atoms with Crippen LogP contribution < -0.4 is 10.1 Å². The second-order valence-electron chi connectivity index (χ2n) is 5.92. The van der Waals surface area contributed by atoms with Gasteiger partial charge in [-0.25, -0.2) is 0 Å². The average molecular weight is 270 g/mol. The maximum absolute atomic E-state index is 6.15. The minimum Gasteiger partial charge on any atom is -0.491 e. The predicted molar refractivity (Wildman–Crippen MR) is 78.6 cm³/mol. The molecule has 0 aliphatic heterocycles. The van der Waals surface area contributed by atoms with E-state index in [1.807, 2.05) is 25.1 Å². The summed E-state index contributed by atoms with van der Waals surface area (Å²) in [5.41, 5.74) is 1.23. The molecular formula is C15H24ClNO. The van der Waals surface area contributed by atoms with Gasteiger partial charge in [-0.2, -0.15) is 0 Å². The van der Waals surface area contributed by atoms with E-state index < -0.39 is 0 Å². The van der Waals surface area contributed by atoms with Gasteiger partial charge in [0.15, 0.2) is 0 Å². The highest BCUT2D eigenvalue weighted by Crippen LogP contribution is 2.27. The minimum atomic E-state index is 0.0818. The number of ether oxygens (including phenoxy) is 1. The van der Waals surface area contributed by atoms with Crippen molar-refractivity contribution >= 4 is 11.6 Å². The summed E-state index contributed by atoms with van der Waals surface area (Å²) in [4.78, 5) is 0. The van der Waals surface area contributed by atoms with Gasteiger partial charge >= 0.3 is 0 Å². The summed E-state index contributed by atoms with van der Waals surface area (Å²) in [6.07, 6.45) is 0. The van der Waals surface area contributed by atoms with Crippen LogP contribution in [0.15, 0.2) is 18.2 Å². The van der Waals surface area contributed by atoms with E-state index in [9.17, 15) is 0 Å². The van der Waals surface area contributed by atoms with E-state index in [2.05, 4.69) is 33.0 Å². The minimum absolute atomic E-state index is 0.0818. The molecule has 0 spiro atoms. The van der Waals surface area contributed by atoms with E-state index in [4.69, 9.17) is 16.3 Å². The first-order valence-electron chi connectivity index (χ1n) is 6.42. The lowest BCUT2D eigenvalue weighted by Gasteiger charge is -2.26. The second kappa shape index (κ2) is 6.44. The molecule has 0 aliphatic carbocycles. The maximum Gasteiger partial charge on any atom is 0.137 e. The van der Waals surface area contributed by atoms with Crippen LogP contribution in [-0.2, 0) is 0 Å². The van der Waals surface area contributed by atoms with Gasteiger partial charge in [0.05, 0.1) is 11.6 Å². The molecule has 0 saturated heterocycles. The predicted octanol–water partition coefficient (Wildman–Crippen LogP) is 4.05. The molecule has 0 heterocycles. The average Bonchev–Trinajstić information content (AvgIpc) is 2.25. The number of halogens is 1. The van der Waals surface area contributed by atoms with Crippen LogP contribution in [-0.4, -0.2) is 19.2 Å². The van der Waals surface area contributed by atoms with Gasteiger partial charge in [-0.15, -0.1) is 0 Å². The standard InChI is InChI=1S/C15H24ClNO/c1-11(2)17-9-15(4,5)10-18-14-7-6-12(3)8-13(14)16/h6-8,11,17H,9-10H2,1-5H3. The normalized spacial score (nSPS) is 11.9. The van der Waals surface area contributed by atoms with Crippen LogP contribution >= 0.6 is 11.6 Å². The van der Waals surface area contributed by atoms with E-state index in [0.717, 1.165) is 17.9 Å². The maximum atomic E-state index is 6.15. The van der Waals surface area contributed by atoms with Crippen LogP contribution in [0.3, 0.4) is 0 Å². The Labute approximate surface area is 116 Å². The summed E-state index contributed by atoms with van der Waals surface area (Å²) in [5.74, 6) is 0.764. The number of hydrogen-bond donors (Lipinski definition) is 1. The van der Waals surface area contributed by atoms with Crippen LogP contribution in [0.2, 0.25) is 5.02 Å². The third-order valence-electron chi connectivity index (χ3n) is 2.69. The fourth-order valence-electron chi connectivity index (χ4n) is 1.53. The Morgan fingerprint density at radius 1 is 1.33 bits per heavy atom. The molecule has 0 amide bonds. The van der Waals surface area contributed by atoms with Gasteiger partial charge in [0, 0.05) is 18.0 Å². The first-order valence-corrected chi connectivity index (χ1v) is 6.80. The summed E-state index contributed by atoms with van der Waals surface area (Å²) in [6, 6.07) is 6.37. The highest BCUT2D eigenvalue weighted by Gasteiger charge is 2.19. The highest BCUT2D eigenvalue weighted by atomic mass is 35.5. The number of benzene rings is 1. The van der Waals surface area contributed by atoms with Crippen LogP contribution in [0.5, 0.6) is 5.75 Å². The molecular weight excluding hydrogens is 246 g/mol. The number of hydrogen-bond acceptors (Lipinski definition) is 2. The van der Waals surface area contributed by atoms with Crippen molar-refractivity contribution in [3.8, 4) is 5.75 Å². The van der Waals surface area contributed by atoms with Gasteiger partial charge in [-0.05, 0) is 24.6 Å². The van der Waals surface area contributed by atoms with Crippen LogP contribution in [0.1, 0.15) is 33.3 Å². The molecule has 1 aromatic carbocycles. The summed E-state index contributed by atoms with van der Waals surface area (Å²) in [7, 11) is 0. The fourth-order valence-corrected chi connectivity index (χ4v) is 1.82. The first-order chi connectivity index (χ1) is 8.30. The Balaban J connectivity index is 2.53. The summed E-state index contributed by atoms with van der Waals surface area (Å²) < 4.78 is 5.82. The van der Waals surface area contributed by atoms with Crippen molar-refractivity contribution in [3.63, 3.8) is 0 Å². The second-order valence-corrected chi connectivity index (χ2v) is 6.33. The van der Waals surface area contributed by atoms with Gasteiger partial charge in [0.1, 0.15) is 5.75 Å². The zero-order valence-corrected chi connectivity index (χ0v) is 12.8. The van der Waals surface area contributed by atoms with Crippen molar-refractivity contribution in [1.29, 1.82) is 0 Å². The molecule has 1 rings (SSSR count). The Hall–Kier alpha value is -0.730. The Kier molecular flexibility index (Phi) is 5.48. The molecule has 3 heteroatoms. The van der Waals surface area contributed by atoms with Crippen LogP contribution in [0.25, 0.3) is 0 Å². The van der Waals surface area contributed by atoms with Crippen molar-refractivity contribution in [2.75, 3.05) is 13.2 Å². The zero-order valence-electron chi connectivity index (χ0n) is 12.0. The lowest BCUT2D eigenvalue weighted by Crippen LogP contribution is -2.37. The molecule has 0 aliphatic rings. The Morgan fingerprint density at radius 3 is 2.56 bits per heavy atom. The quantitative estimate of drug-likeness (QED) is 0.841. The van der Waals surface area contributed by atoms with E-state index in [1.165, 1.54) is 0 Å². The molecule has 0 fully saturated rings. The molecule has 0 aromatic heterocycles. The van der Waals surface area contributed by atoms with Gasteiger partial charge in [0.2, 0.25) is 0 Å². The van der Waals surface area contributed by atoms with Crippen molar-refractivity contribution in [3.05, 3.63) is 28.8 Å². The summed E-state index contributed by atoms with van der Waals surface area (Å²) in [5, 5.41) is 4.12. The van der Waals surface area contributed by atoms with Gasteiger partial charge < -0.3 is 10.1 Å². The molecule has 0 atom stereocenters. The van der Waals surface area contributed by atoms with Crippen molar-refractivity contribution in [2.45, 2.75) is 40.7 Å². The first kappa shape index (κ1) is 15.3. The lowest BCUT2D eigenvalue weighted by atomic mass is 9.94. The summed E-state index contributed by atoms with van der Waals surface area (Å²) in [6.45, 7) is 12.3. The van der Waals surface area contributed by atoms with E-state index in [-0.39, 0.29) is 5.41 Å². The SMILES string of the molecule is Cc1ccc(OCC(C)(C)CNC(C)C)c(Cl)c1. The van der Waals surface area contributed by atoms with Crippen molar-refractivity contribution < 1.29 is 4.74 Å². The molecule has 1 N–H and O–H groups in total. The Bertz CT molecular complexity index is 388. The van der Waals surface area contributed by atoms with E-state index in [0.29, 0.717) is 17.7 Å². The van der Waals surface area contributed by atoms with Gasteiger partial charge in [-0.1, -0.05) is 45.4 Å². The number of aryl methyl sites for hydroxylation is 1. The largest absolute Gasteiger partial charge is 0.491 e. The molecule has 2 nitrogen and oxygen atoms in total. The molecule has 0 unspecified atom stereocenters. The topological polar surface area (TPSA) is 21.3 Å². The molecule has 102 valence electrons. The van der Waals surface area contributed by atoms with Crippen molar-refractivity contribution in [2.24, 2.45) is 5.41 Å². The third-order valence-corrected chi connectivity index (χ3v) is 2.99. The van der Waals surface area contributed by atoms with Crippen LogP contribution in [0, 0.1) is 12.3 Å². The monoisotopic (exact) mass is 269 g/mol. The molecule has 18 heavy (non-hydrogen) atoms. The van der Waals surface area contributed by atoms with Crippen molar-refractivity contribution in [1.82, 2.24) is 5.32 Å². The number of nitrogens with one attached hydrogen (secondary N) is 1. The zero-order chi connectivity index (χ0) is 13.8. The third kappa shape index (κ3) is 5.28. The molecule has 0 radical (unpaired) electrons. The summed E-state index contributed by atoms with van der Waals surface area (Å²) >= 11 is 6.15. The van der Waals surface area contributed by atoms with Gasteiger partial charge in [-0.3, -0.25) is 0 Å².